The van der Waals surface area contributed by atoms with Crippen molar-refractivity contribution < 1.29 is 5.11 Å². The van der Waals surface area contributed by atoms with Gasteiger partial charge in [-0.3, -0.25) is 0 Å². The lowest BCUT2D eigenvalue weighted by molar-refractivity contribution is 0.437. The Labute approximate surface area is 96.5 Å². The van der Waals surface area contributed by atoms with Crippen molar-refractivity contribution in [2.75, 3.05) is 0 Å². The van der Waals surface area contributed by atoms with E-state index in [0.29, 0.717) is 11.4 Å². The second-order valence-electron chi connectivity index (χ2n) is 3.67. The molecule has 0 fully saturated rings. The SMILES string of the molecule is Cc1[nH]c(=O)n(-c2ccc(CN=O)cc2)c1O. The Hall–Kier alpha value is -2.37. The number of aromatic amines is 1. The normalized spacial score (nSPS) is 10.4. The number of aromatic hydroxyl groups is 1. The van der Waals surface area contributed by atoms with Crippen molar-refractivity contribution >= 4 is 0 Å². The standard InChI is InChI=1S/C11H11N3O3/c1-7-10(15)14(11(16)13-7)9-4-2-8(3-5-9)6-12-17/h2-5,15H,6H2,1H3,(H,13,16). The summed E-state index contributed by atoms with van der Waals surface area (Å²) in [5.74, 6) is -0.115. The maximum absolute atomic E-state index is 11.6. The van der Waals surface area contributed by atoms with Crippen LogP contribution in [-0.2, 0) is 6.54 Å². The van der Waals surface area contributed by atoms with Crippen LogP contribution in [0, 0.1) is 11.8 Å². The molecule has 0 aliphatic carbocycles. The molecule has 0 radical (unpaired) electrons. The minimum atomic E-state index is -0.402. The van der Waals surface area contributed by atoms with Crippen LogP contribution in [0.3, 0.4) is 0 Å². The molecule has 2 N–H and O–H groups in total. The Morgan fingerprint density at radius 2 is 2.00 bits per heavy atom. The number of imidazole rings is 1. The van der Waals surface area contributed by atoms with E-state index in [-0.39, 0.29) is 12.4 Å². The Balaban J connectivity index is 2.46. The fraction of sp³-hybridized carbons (Fsp3) is 0.182. The van der Waals surface area contributed by atoms with E-state index >= 15 is 0 Å². The number of H-pyrrole nitrogens is 1. The molecular weight excluding hydrogens is 222 g/mol. The molecule has 1 heterocycles. The number of nitroso groups, excluding NO2 is 1. The first-order valence-corrected chi connectivity index (χ1v) is 5.02. The van der Waals surface area contributed by atoms with Crippen LogP contribution in [0.5, 0.6) is 5.88 Å². The van der Waals surface area contributed by atoms with Crippen LogP contribution in [-0.4, -0.2) is 14.7 Å². The van der Waals surface area contributed by atoms with Crippen LogP contribution in [0.25, 0.3) is 5.69 Å². The molecule has 0 unspecified atom stereocenters. The predicted octanol–water partition coefficient (Wildman–Crippen LogP) is 1.45. The summed E-state index contributed by atoms with van der Waals surface area (Å²) < 4.78 is 1.16. The van der Waals surface area contributed by atoms with E-state index in [9.17, 15) is 14.8 Å². The lowest BCUT2D eigenvalue weighted by Crippen LogP contribution is -2.14. The summed E-state index contributed by atoms with van der Waals surface area (Å²) in [6.07, 6.45) is 0. The predicted molar refractivity (Wildman–Crippen MR) is 62.3 cm³/mol. The Kier molecular flexibility index (Phi) is 2.78. The van der Waals surface area contributed by atoms with Crippen LogP contribution in [0.4, 0.5) is 0 Å². The maximum atomic E-state index is 11.6. The minimum absolute atomic E-state index is 0.0906. The summed E-state index contributed by atoms with van der Waals surface area (Å²) in [5, 5.41) is 12.5. The number of hydrogen-bond donors (Lipinski definition) is 2. The third-order valence-electron chi connectivity index (χ3n) is 2.49. The highest BCUT2D eigenvalue weighted by Gasteiger charge is 2.10. The zero-order valence-corrected chi connectivity index (χ0v) is 9.17. The molecule has 0 saturated heterocycles. The van der Waals surface area contributed by atoms with Gasteiger partial charge in [0, 0.05) is 0 Å². The molecule has 0 aliphatic heterocycles. The molecule has 1 aromatic heterocycles. The molecular formula is C11H11N3O3. The van der Waals surface area contributed by atoms with Gasteiger partial charge in [0.05, 0.1) is 11.4 Å². The van der Waals surface area contributed by atoms with Gasteiger partial charge < -0.3 is 10.1 Å². The topological polar surface area (TPSA) is 87.5 Å². The first-order chi connectivity index (χ1) is 8.13. The molecule has 0 atom stereocenters. The Morgan fingerprint density at radius 1 is 1.35 bits per heavy atom. The van der Waals surface area contributed by atoms with Gasteiger partial charge >= 0.3 is 5.69 Å². The van der Waals surface area contributed by atoms with Crippen molar-refractivity contribution in [3.63, 3.8) is 0 Å². The van der Waals surface area contributed by atoms with Crippen molar-refractivity contribution in [3.8, 4) is 11.6 Å². The van der Waals surface area contributed by atoms with E-state index in [2.05, 4.69) is 10.2 Å². The van der Waals surface area contributed by atoms with E-state index < -0.39 is 5.69 Å². The monoisotopic (exact) mass is 233 g/mol. The minimum Gasteiger partial charge on any atom is -0.493 e. The van der Waals surface area contributed by atoms with Gasteiger partial charge in [0.2, 0.25) is 5.88 Å². The summed E-state index contributed by atoms with van der Waals surface area (Å²) in [6.45, 7) is 1.70. The van der Waals surface area contributed by atoms with Crippen molar-refractivity contribution in [1.29, 1.82) is 0 Å². The van der Waals surface area contributed by atoms with Crippen molar-refractivity contribution in [3.05, 3.63) is 50.9 Å². The quantitative estimate of drug-likeness (QED) is 0.786. The van der Waals surface area contributed by atoms with Gasteiger partial charge in [0.25, 0.3) is 0 Å². The average molecular weight is 233 g/mol. The molecule has 0 spiro atoms. The van der Waals surface area contributed by atoms with E-state index in [1.54, 1.807) is 31.2 Å². The maximum Gasteiger partial charge on any atom is 0.333 e. The van der Waals surface area contributed by atoms with E-state index in [1.165, 1.54) is 0 Å². The highest BCUT2D eigenvalue weighted by molar-refractivity contribution is 5.39. The molecule has 0 aliphatic rings. The summed E-state index contributed by atoms with van der Waals surface area (Å²) in [4.78, 5) is 24.1. The molecule has 6 nitrogen and oxygen atoms in total. The van der Waals surface area contributed by atoms with Crippen molar-refractivity contribution in [2.24, 2.45) is 5.18 Å². The number of nitrogens with one attached hydrogen (secondary N) is 1. The van der Waals surface area contributed by atoms with Crippen LogP contribution in [0.15, 0.2) is 34.2 Å². The Morgan fingerprint density at radius 3 is 2.47 bits per heavy atom. The van der Waals surface area contributed by atoms with E-state index in [1.807, 2.05) is 0 Å². The first-order valence-electron chi connectivity index (χ1n) is 5.02. The van der Waals surface area contributed by atoms with Crippen molar-refractivity contribution in [1.82, 2.24) is 9.55 Å². The molecule has 0 saturated carbocycles. The second-order valence-corrected chi connectivity index (χ2v) is 3.67. The zero-order chi connectivity index (χ0) is 12.4. The lowest BCUT2D eigenvalue weighted by atomic mass is 10.2. The number of aryl methyl sites for hydroxylation is 1. The molecule has 2 rings (SSSR count). The van der Waals surface area contributed by atoms with E-state index in [0.717, 1.165) is 10.1 Å². The largest absolute Gasteiger partial charge is 0.493 e. The van der Waals surface area contributed by atoms with Gasteiger partial charge in [-0.1, -0.05) is 17.3 Å². The van der Waals surface area contributed by atoms with Gasteiger partial charge in [-0.25, -0.2) is 9.36 Å². The summed E-state index contributed by atoms with van der Waals surface area (Å²) in [5.41, 5.74) is 1.30. The molecule has 88 valence electrons. The van der Waals surface area contributed by atoms with Gasteiger partial charge in [-0.05, 0) is 24.6 Å². The molecule has 6 heteroatoms. The smallest absolute Gasteiger partial charge is 0.333 e. The third kappa shape index (κ3) is 1.96. The van der Waals surface area contributed by atoms with Gasteiger partial charge in [0.1, 0.15) is 6.54 Å². The highest BCUT2D eigenvalue weighted by Crippen LogP contribution is 2.17. The average Bonchev–Trinajstić information content (AvgIpc) is 2.55. The fourth-order valence-electron chi connectivity index (χ4n) is 1.60. The number of aromatic nitrogens is 2. The summed E-state index contributed by atoms with van der Waals surface area (Å²) >= 11 is 0. The lowest BCUT2D eigenvalue weighted by Gasteiger charge is -2.03. The molecule has 1 aromatic carbocycles. The zero-order valence-electron chi connectivity index (χ0n) is 9.17. The number of nitrogens with zero attached hydrogens (tertiary/aromatic N) is 2. The Bertz CT molecular complexity index is 595. The molecule has 0 bridgehead atoms. The van der Waals surface area contributed by atoms with Crippen LogP contribution in [0.1, 0.15) is 11.3 Å². The number of rotatable bonds is 3. The van der Waals surface area contributed by atoms with Gasteiger partial charge in [0.15, 0.2) is 0 Å². The first kappa shape index (κ1) is 11.1. The van der Waals surface area contributed by atoms with Gasteiger partial charge in [-0.15, -0.1) is 0 Å². The molecule has 0 amide bonds. The number of benzene rings is 1. The molecule has 17 heavy (non-hydrogen) atoms. The fourth-order valence-corrected chi connectivity index (χ4v) is 1.60. The van der Waals surface area contributed by atoms with Crippen LogP contribution >= 0.6 is 0 Å². The second kappa shape index (κ2) is 4.25. The summed E-state index contributed by atoms with van der Waals surface area (Å²) in [6, 6.07) is 6.67. The summed E-state index contributed by atoms with van der Waals surface area (Å²) in [7, 11) is 0. The van der Waals surface area contributed by atoms with Crippen LogP contribution < -0.4 is 5.69 Å². The number of hydrogen-bond acceptors (Lipinski definition) is 4. The van der Waals surface area contributed by atoms with Gasteiger partial charge in [-0.2, -0.15) is 4.91 Å². The van der Waals surface area contributed by atoms with Crippen LogP contribution in [0.2, 0.25) is 0 Å². The van der Waals surface area contributed by atoms with Crippen molar-refractivity contribution in [2.45, 2.75) is 13.5 Å². The highest BCUT2D eigenvalue weighted by atomic mass is 16.3. The third-order valence-corrected chi connectivity index (χ3v) is 2.49. The molecule has 2 aromatic rings. The van der Waals surface area contributed by atoms with E-state index in [4.69, 9.17) is 0 Å².